The molecule has 0 saturated carbocycles. The molecule has 2 rings (SSSR count). The summed E-state index contributed by atoms with van der Waals surface area (Å²) in [5.74, 6) is -0.692. The maximum atomic E-state index is 12.0. The molecular weight excluding hydrogens is 366 g/mol. The monoisotopic (exact) mass is 379 g/mol. The zero-order valence-corrected chi connectivity index (χ0v) is 14.5. The van der Waals surface area contributed by atoms with E-state index in [1.165, 1.54) is 18.2 Å². The van der Waals surface area contributed by atoms with Crippen LogP contribution in [0.25, 0.3) is 0 Å². The van der Waals surface area contributed by atoms with Gasteiger partial charge in [0.05, 0.1) is 21.2 Å². The number of anilines is 1. The van der Waals surface area contributed by atoms with Crippen molar-refractivity contribution in [2.24, 2.45) is 5.73 Å². The van der Waals surface area contributed by atoms with Crippen molar-refractivity contribution in [3.8, 4) is 0 Å². The summed E-state index contributed by atoms with van der Waals surface area (Å²) in [6.45, 7) is 0. The summed E-state index contributed by atoms with van der Waals surface area (Å²) in [5.41, 5.74) is 5.70. The van der Waals surface area contributed by atoms with Crippen LogP contribution < -0.4 is 11.1 Å². The fourth-order valence-electron chi connectivity index (χ4n) is 2.05. The molecule has 0 heterocycles. The molecule has 0 aliphatic rings. The Kier molecular flexibility index (Phi) is 6.37. The van der Waals surface area contributed by atoms with Crippen molar-refractivity contribution in [2.45, 2.75) is 11.3 Å². The van der Waals surface area contributed by atoms with Gasteiger partial charge >= 0.3 is 0 Å². The van der Waals surface area contributed by atoms with Crippen LogP contribution in [-0.4, -0.2) is 22.5 Å². The number of carbonyl (C=O) groups is 2. The largest absolute Gasteiger partial charge is 0.366 e. The minimum Gasteiger partial charge on any atom is -0.366 e. The molecule has 0 saturated heterocycles. The number of hydrogen-bond acceptors (Lipinski definition) is 5. The summed E-state index contributed by atoms with van der Waals surface area (Å²) >= 11 is 7.12. The smallest absolute Gasteiger partial charge is 0.284 e. The van der Waals surface area contributed by atoms with Crippen LogP contribution in [0.5, 0.6) is 0 Å². The molecule has 0 fully saturated rings. The van der Waals surface area contributed by atoms with Crippen LogP contribution in [0.4, 0.5) is 11.4 Å². The maximum absolute atomic E-state index is 12.0. The number of thioether (sulfide) groups is 1. The van der Waals surface area contributed by atoms with Crippen LogP contribution in [0, 0.1) is 10.1 Å². The molecule has 7 nitrogen and oxygen atoms in total. The number of nitro benzene ring substituents is 1. The Morgan fingerprint density at radius 3 is 2.60 bits per heavy atom. The van der Waals surface area contributed by atoms with Gasteiger partial charge in [-0.25, -0.2) is 0 Å². The quantitative estimate of drug-likeness (QED) is 0.434. The molecule has 0 aliphatic heterocycles. The third-order valence-electron chi connectivity index (χ3n) is 3.19. The molecule has 0 unspecified atom stereocenters. The number of primary amides is 1. The lowest BCUT2D eigenvalue weighted by Gasteiger charge is -2.09. The van der Waals surface area contributed by atoms with E-state index in [0.29, 0.717) is 10.6 Å². The van der Waals surface area contributed by atoms with Gasteiger partial charge in [0.1, 0.15) is 4.90 Å². The van der Waals surface area contributed by atoms with E-state index in [1.54, 1.807) is 24.3 Å². The van der Waals surface area contributed by atoms with Gasteiger partial charge < -0.3 is 11.1 Å². The molecule has 0 aliphatic carbocycles. The number of rotatable bonds is 7. The van der Waals surface area contributed by atoms with Gasteiger partial charge in [-0.1, -0.05) is 29.8 Å². The Bertz CT molecular complexity index is 829. The van der Waals surface area contributed by atoms with Crippen LogP contribution in [0.2, 0.25) is 5.02 Å². The van der Waals surface area contributed by atoms with Crippen molar-refractivity contribution in [3.05, 3.63) is 63.2 Å². The number of nitro groups is 1. The molecule has 2 amide bonds. The summed E-state index contributed by atoms with van der Waals surface area (Å²) in [5, 5.41) is 13.9. The van der Waals surface area contributed by atoms with E-state index in [9.17, 15) is 19.7 Å². The minimum absolute atomic E-state index is 0.0835. The van der Waals surface area contributed by atoms with Gasteiger partial charge in [0.25, 0.3) is 11.6 Å². The summed E-state index contributed by atoms with van der Waals surface area (Å²) < 4.78 is 0. The first-order valence-electron chi connectivity index (χ1n) is 7.14. The normalized spacial score (nSPS) is 10.3. The first kappa shape index (κ1) is 18.8. The molecule has 0 aromatic heterocycles. The molecule has 0 atom stereocenters. The highest BCUT2D eigenvalue weighted by Gasteiger charge is 2.17. The lowest BCUT2D eigenvalue weighted by Crippen LogP contribution is -2.18. The SMILES string of the molecule is NC(=O)c1ccccc1NC(=O)CCSc1c(Cl)cccc1[N+](=O)[O-]. The highest BCUT2D eigenvalue weighted by Crippen LogP contribution is 2.35. The standard InChI is InChI=1S/C16H14ClN3O4S/c17-11-5-3-7-13(20(23)24)15(11)25-9-8-14(21)19-12-6-2-1-4-10(12)16(18)22/h1-7H,8-9H2,(H2,18,22)(H,19,21). The summed E-state index contributed by atoms with van der Waals surface area (Å²) in [7, 11) is 0. The van der Waals surface area contributed by atoms with Gasteiger partial charge in [-0.05, 0) is 18.2 Å². The molecule has 2 aromatic carbocycles. The average molecular weight is 380 g/mol. The van der Waals surface area contributed by atoms with Gasteiger partial charge in [-0.3, -0.25) is 19.7 Å². The van der Waals surface area contributed by atoms with Crippen molar-refractivity contribution < 1.29 is 14.5 Å². The Morgan fingerprint density at radius 2 is 1.92 bits per heavy atom. The third-order valence-corrected chi connectivity index (χ3v) is 4.74. The van der Waals surface area contributed by atoms with E-state index in [0.717, 1.165) is 11.8 Å². The Balaban J connectivity index is 1.99. The van der Waals surface area contributed by atoms with Crippen molar-refractivity contribution >= 4 is 46.6 Å². The predicted molar refractivity (Wildman–Crippen MR) is 97.0 cm³/mol. The third kappa shape index (κ3) is 4.94. The molecule has 9 heteroatoms. The van der Waals surface area contributed by atoms with E-state index in [4.69, 9.17) is 17.3 Å². The lowest BCUT2D eigenvalue weighted by atomic mass is 10.1. The number of amides is 2. The van der Waals surface area contributed by atoms with Crippen molar-refractivity contribution in [1.82, 2.24) is 0 Å². The molecule has 0 radical (unpaired) electrons. The first-order valence-corrected chi connectivity index (χ1v) is 8.51. The highest BCUT2D eigenvalue weighted by molar-refractivity contribution is 7.99. The van der Waals surface area contributed by atoms with Crippen molar-refractivity contribution in [1.29, 1.82) is 0 Å². The van der Waals surface area contributed by atoms with Gasteiger partial charge in [0.2, 0.25) is 5.91 Å². The number of nitrogens with two attached hydrogens (primary N) is 1. The van der Waals surface area contributed by atoms with Gasteiger partial charge in [-0.15, -0.1) is 11.8 Å². The van der Waals surface area contributed by atoms with E-state index in [1.807, 2.05) is 0 Å². The van der Waals surface area contributed by atoms with Crippen LogP contribution >= 0.6 is 23.4 Å². The second-order valence-electron chi connectivity index (χ2n) is 4.90. The number of para-hydroxylation sites is 1. The van der Waals surface area contributed by atoms with Crippen LogP contribution in [0.1, 0.15) is 16.8 Å². The predicted octanol–water partition coefficient (Wildman–Crippen LogP) is 3.47. The minimum atomic E-state index is -0.642. The molecule has 3 N–H and O–H groups in total. The first-order chi connectivity index (χ1) is 11.9. The van der Waals surface area contributed by atoms with Crippen LogP contribution in [0.15, 0.2) is 47.4 Å². The molecule has 0 bridgehead atoms. The summed E-state index contributed by atoms with van der Waals surface area (Å²) in [4.78, 5) is 34.2. The highest BCUT2D eigenvalue weighted by atomic mass is 35.5. The second kappa shape index (κ2) is 8.50. The lowest BCUT2D eigenvalue weighted by molar-refractivity contribution is -0.387. The molecule has 25 heavy (non-hydrogen) atoms. The van der Waals surface area contributed by atoms with E-state index in [-0.39, 0.29) is 34.4 Å². The number of hydrogen-bond donors (Lipinski definition) is 2. The molecule has 130 valence electrons. The molecule has 0 spiro atoms. The van der Waals surface area contributed by atoms with Crippen molar-refractivity contribution in [2.75, 3.05) is 11.1 Å². The zero-order chi connectivity index (χ0) is 18.4. The van der Waals surface area contributed by atoms with Crippen LogP contribution in [-0.2, 0) is 4.79 Å². The molecule has 2 aromatic rings. The van der Waals surface area contributed by atoms with Gasteiger partial charge in [-0.2, -0.15) is 0 Å². The summed E-state index contributed by atoms with van der Waals surface area (Å²) in [6, 6.07) is 10.8. The topological polar surface area (TPSA) is 115 Å². The van der Waals surface area contributed by atoms with E-state index >= 15 is 0 Å². The zero-order valence-electron chi connectivity index (χ0n) is 12.9. The number of halogens is 1. The Labute approximate surface area is 152 Å². The van der Waals surface area contributed by atoms with E-state index in [2.05, 4.69) is 5.32 Å². The fraction of sp³-hybridized carbons (Fsp3) is 0.125. The van der Waals surface area contributed by atoms with Crippen molar-refractivity contribution in [3.63, 3.8) is 0 Å². The number of nitrogens with one attached hydrogen (secondary N) is 1. The Morgan fingerprint density at radius 1 is 1.20 bits per heavy atom. The summed E-state index contributed by atoms with van der Waals surface area (Å²) in [6.07, 6.45) is 0.0835. The Hall–Kier alpha value is -2.58. The maximum Gasteiger partial charge on any atom is 0.284 e. The van der Waals surface area contributed by atoms with E-state index < -0.39 is 10.8 Å². The van der Waals surface area contributed by atoms with Crippen LogP contribution in [0.3, 0.4) is 0 Å². The van der Waals surface area contributed by atoms with Gasteiger partial charge in [0.15, 0.2) is 0 Å². The molecular formula is C16H14ClN3O4S. The second-order valence-corrected chi connectivity index (χ2v) is 6.41. The number of nitrogens with zero attached hydrogens (tertiary/aromatic N) is 1. The number of benzene rings is 2. The number of carbonyl (C=O) groups excluding carboxylic acids is 2. The average Bonchev–Trinajstić information content (AvgIpc) is 2.56. The fourth-order valence-corrected chi connectivity index (χ4v) is 3.37. The van der Waals surface area contributed by atoms with Gasteiger partial charge in [0, 0.05) is 18.2 Å².